The van der Waals surface area contributed by atoms with Crippen molar-refractivity contribution in [3.63, 3.8) is 0 Å². The summed E-state index contributed by atoms with van der Waals surface area (Å²) in [7, 11) is 3.01. The molecule has 0 bridgehead atoms. The maximum Gasteiger partial charge on any atom is 0.177 e. The molecule has 0 aliphatic heterocycles. The van der Waals surface area contributed by atoms with E-state index in [-0.39, 0.29) is 18.0 Å². The Balaban J connectivity index is 1.96. The highest BCUT2D eigenvalue weighted by Crippen LogP contribution is 2.28. The molecule has 0 radical (unpaired) electrons. The van der Waals surface area contributed by atoms with E-state index in [9.17, 15) is 14.7 Å². The molecular weight excluding hydrogens is 426 g/mol. The van der Waals surface area contributed by atoms with Crippen molar-refractivity contribution in [2.24, 2.45) is 5.92 Å². The Morgan fingerprint density at radius 1 is 1.15 bits per heavy atom. The number of aliphatic hydroxyl groups is 1. The Kier molecular flexibility index (Phi) is 7.57. The predicted molar refractivity (Wildman–Crippen MR) is 121 cm³/mol. The van der Waals surface area contributed by atoms with Gasteiger partial charge < -0.3 is 34.6 Å². The van der Waals surface area contributed by atoms with E-state index in [0.29, 0.717) is 40.4 Å². The zero-order chi connectivity index (χ0) is 24.0. The number of ketones is 1. The maximum atomic E-state index is 13.5. The van der Waals surface area contributed by atoms with E-state index in [1.165, 1.54) is 14.2 Å². The van der Waals surface area contributed by atoms with Crippen LogP contribution in [0, 0.1) is 18.3 Å². The van der Waals surface area contributed by atoms with Gasteiger partial charge in [0.05, 0.1) is 26.5 Å². The summed E-state index contributed by atoms with van der Waals surface area (Å²) in [4.78, 5) is 25.5. The topological polar surface area (TPSA) is 135 Å². The molecule has 3 rings (SSSR count). The lowest BCUT2D eigenvalue weighted by Crippen LogP contribution is -2.34. The second kappa shape index (κ2) is 10.6. The van der Waals surface area contributed by atoms with Crippen molar-refractivity contribution < 1.29 is 28.7 Å². The Hall–Kier alpha value is -3.98. The molecule has 0 spiro atoms. The zero-order valence-corrected chi connectivity index (χ0v) is 18.5. The van der Waals surface area contributed by atoms with Crippen molar-refractivity contribution in [1.29, 1.82) is 5.41 Å². The van der Waals surface area contributed by atoms with Crippen molar-refractivity contribution in [3.8, 4) is 11.5 Å². The van der Waals surface area contributed by atoms with E-state index in [1.807, 2.05) is 0 Å². The van der Waals surface area contributed by atoms with Crippen molar-refractivity contribution in [2.45, 2.75) is 19.6 Å². The van der Waals surface area contributed by atoms with Crippen molar-refractivity contribution in [1.82, 2.24) is 5.16 Å². The number of rotatable bonds is 11. The number of hydrogen-bond acceptors (Lipinski definition) is 9. The molecule has 172 valence electrons. The van der Waals surface area contributed by atoms with Crippen LogP contribution in [0.1, 0.15) is 28.6 Å². The van der Waals surface area contributed by atoms with Crippen LogP contribution < -0.4 is 14.8 Å². The third-order valence-electron chi connectivity index (χ3n) is 5.08. The monoisotopic (exact) mass is 451 g/mol. The number of nitrogens with one attached hydrogen (secondary N) is 2. The van der Waals surface area contributed by atoms with E-state index in [1.54, 1.807) is 55.5 Å². The molecule has 1 heterocycles. The molecule has 0 saturated carbocycles. The molecule has 1 aromatic heterocycles. The first-order valence-corrected chi connectivity index (χ1v) is 10.1. The number of carbonyl (C=O) groups excluding carboxylic acids is 2. The normalized spacial score (nSPS) is 12.5. The van der Waals surface area contributed by atoms with Gasteiger partial charge in [0.25, 0.3) is 0 Å². The molecule has 2 atom stereocenters. The lowest BCUT2D eigenvalue weighted by molar-refractivity contribution is -0.125. The van der Waals surface area contributed by atoms with Crippen molar-refractivity contribution in [2.75, 3.05) is 19.5 Å². The number of aldehydes is 1. The number of Topliss-reactive ketones (excluding diaryl/α,β-unsaturated/α-hetero) is 1. The van der Waals surface area contributed by atoms with Crippen LogP contribution in [0.25, 0.3) is 0 Å². The number of methoxy groups -OCH3 is 2. The van der Waals surface area contributed by atoms with Gasteiger partial charge in [-0.05, 0) is 54.4 Å². The van der Waals surface area contributed by atoms with Gasteiger partial charge in [-0.1, -0.05) is 5.16 Å². The SMILES string of the molecule is COc1ccc(C(=N)C(C=O)C(=O)C(Nc2cc(CO)cc(OC)c2)c2cc(C)on2)cc1. The van der Waals surface area contributed by atoms with Crippen LogP contribution in [0.15, 0.2) is 53.1 Å². The number of hydrogen-bond donors (Lipinski definition) is 3. The number of aromatic nitrogens is 1. The molecule has 2 unspecified atom stereocenters. The largest absolute Gasteiger partial charge is 0.497 e. The standard InChI is InChI=1S/C24H25N3O6/c1-14-8-21(27-33-14)23(26-17-9-15(12-28)10-19(11-17)32-3)24(30)20(13-29)22(25)16-4-6-18(31-2)7-5-16/h4-11,13,20,23,25-26,28H,12H2,1-3H3. The second-order valence-corrected chi connectivity index (χ2v) is 7.33. The van der Waals surface area contributed by atoms with Gasteiger partial charge in [-0.3, -0.25) is 4.79 Å². The molecule has 3 aromatic rings. The number of benzene rings is 2. The summed E-state index contributed by atoms with van der Waals surface area (Å²) >= 11 is 0. The molecule has 33 heavy (non-hydrogen) atoms. The van der Waals surface area contributed by atoms with Crippen molar-refractivity contribution >= 4 is 23.5 Å². The van der Waals surface area contributed by atoms with Gasteiger partial charge in [0.2, 0.25) is 0 Å². The van der Waals surface area contributed by atoms with Crippen LogP contribution >= 0.6 is 0 Å². The summed E-state index contributed by atoms with van der Waals surface area (Å²) in [6.45, 7) is 1.46. The minimum absolute atomic E-state index is 0.147. The smallest absolute Gasteiger partial charge is 0.177 e. The van der Waals surface area contributed by atoms with E-state index < -0.39 is 17.7 Å². The summed E-state index contributed by atoms with van der Waals surface area (Å²) in [6, 6.07) is 12.0. The molecule has 0 aliphatic rings. The average molecular weight is 451 g/mol. The number of nitrogens with zero attached hydrogens (tertiary/aromatic N) is 1. The maximum absolute atomic E-state index is 13.5. The second-order valence-electron chi connectivity index (χ2n) is 7.33. The highest BCUT2D eigenvalue weighted by Gasteiger charge is 2.33. The third-order valence-corrected chi connectivity index (χ3v) is 5.08. The molecule has 0 fully saturated rings. The summed E-state index contributed by atoms with van der Waals surface area (Å²) in [6.07, 6.45) is 0.446. The van der Waals surface area contributed by atoms with Crippen LogP contribution in [0.2, 0.25) is 0 Å². The van der Waals surface area contributed by atoms with Crippen LogP contribution in [-0.2, 0) is 16.2 Å². The van der Waals surface area contributed by atoms with Gasteiger partial charge in [0.1, 0.15) is 41.2 Å². The van der Waals surface area contributed by atoms with Crippen molar-refractivity contribution in [3.05, 3.63) is 71.1 Å². The van der Waals surface area contributed by atoms with Crippen LogP contribution in [0.4, 0.5) is 5.69 Å². The zero-order valence-electron chi connectivity index (χ0n) is 18.5. The minimum Gasteiger partial charge on any atom is -0.497 e. The third kappa shape index (κ3) is 5.45. The molecule has 2 aromatic carbocycles. The lowest BCUT2D eigenvalue weighted by Gasteiger charge is -2.21. The van der Waals surface area contributed by atoms with Gasteiger partial charge in [-0.15, -0.1) is 0 Å². The first-order chi connectivity index (χ1) is 15.9. The Morgan fingerprint density at radius 3 is 2.39 bits per heavy atom. The van der Waals surface area contributed by atoms with E-state index >= 15 is 0 Å². The van der Waals surface area contributed by atoms with E-state index in [2.05, 4.69) is 10.5 Å². The quantitative estimate of drug-likeness (QED) is 0.230. The van der Waals surface area contributed by atoms with Gasteiger partial charge in [0.15, 0.2) is 5.78 Å². The molecule has 0 aliphatic carbocycles. The molecule has 0 saturated heterocycles. The minimum atomic E-state index is -1.35. The van der Waals surface area contributed by atoms with E-state index in [0.717, 1.165) is 0 Å². The van der Waals surface area contributed by atoms with Crippen LogP contribution in [0.3, 0.4) is 0 Å². The van der Waals surface area contributed by atoms with Gasteiger partial charge in [-0.25, -0.2) is 0 Å². The number of ether oxygens (including phenoxy) is 2. The number of aryl methyl sites for hydroxylation is 1. The fourth-order valence-electron chi connectivity index (χ4n) is 3.34. The summed E-state index contributed by atoms with van der Waals surface area (Å²) < 4.78 is 15.5. The molecule has 9 nitrogen and oxygen atoms in total. The molecule has 9 heteroatoms. The predicted octanol–water partition coefficient (Wildman–Crippen LogP) is 3.10. The van der Waals surface area contributed by atoms with Gasteiger partial charge >= 0.3 is 0 Å². The van der Waals surface area contributed by atoms with E-state index in [4.69, 9.17) is 19.4 Å². The lowest BCUT2D eigenvalue weighted by atomic mass is 9.89. The number of anilines is 1. The highest BCUT2D eigenvalue weighted by atomic mass is 16.5. The van der Waals surface area contributed by atoms with Gasteiger partial charge in [-0.2, -0.15) is 0 Å². The highest BCUT2D eigenvalue weighted by molar-refractivity contribution is 6.22. The first-order valence-electron chi connectivity index (χ1n) is 10.1. The summed E-state index contributed by atoms with van der Waals surface area (Å²) in [5, 5.41) is 25.0. The molecule has 3 N–H and O–H groups in total. The number of aliphatic hydroxyl groups excluding tert-OH is 1. The first kappa shape index (κ1) is 23.7. The Morgan fingerprint density at radius 2 is 1.85 bits per heavy atom. The van der Waals surface area contributed by atoms with Gasteiger partial charge in [0, 0.05) is 17.8 Å². The Bertz CT molecular complexity index is 1120. The average Bonchev–Trinajstić information content (AvgIpc) is 3.28. The summed E-state index contributed by atoms with van der Waals surface area (Å²) in [5.41, 5.74) is 1.57. The fourth-order valence-corrected chi connectivity index (χ4v) is 3.34. The summed E-state index contributed by atoms with van der Waals surface area (Å²) in [5.74, 6) is -0.372. The Labute approximate surface area is 190 Å². The fraction of sp³-hybridized carbons (Fsp3) is 0.250. The molecular formula is C24H25N3O6. The molecule has 0 amide bonds. The van der Waals surface area contributed by atoms with Crippen LogP contribution in [-0.4, -0.2) is 42.3 Å². The number of carbonyl (C=O) groups is 2. The van der Waals surface area contributed by atoms with Crippen LogP contribution in [0.5, 0.6) is 11.5 Å².